The molecule has 2 N–H and O–H groups in total. The highest BCUT2D eigenvalue weighted by Gasteiger charge is 2.07. The van der Waals surface area contributed by atoms with Crippen molar-refractivity contribution in [2.45, 2.75) is 6.92 Å². The van der Waals surface area contributed by atoms with Crippen LogP contribution in [0.2, 0.25) is 0 Å². The lowest BCUT2D eigenvalue weighted by Gasteiger charge is -1.96. The zero-order chi connectivity index (χ0) is 13.9. The minimum absolute atomic E-state index is 0.234. The van der Waals surface area contributed by atoms with Crippen LogP contribution in [0, 0.1) is 6.92 Å². The van der Waals surface area contributed by atoms with Crippen LogP contribution in [0.3, 0.4) is 0 Å². The second-order valence-corrected chi connectivity index (χ2v) is 4.39. The molecule has 0 radical (unpaired) electrons. The van der Waals surface area contributed by atoms with Crippen LogP contribution >= 0.6 is 0 Å². The summed E-state index contributed by atoms with van der Waals surface area (Å²) in [5.41, 5.74) is 5.44. The summed E-state index contributed by atoms with van der Waals surface area (Å²) in [5, 5.41) is 5.05. The predicted molar refractivity (Wildman–Crippen MR) is 76.8 cm³/mol. The molecule has 1 amide bonds. The molecule has 2 heterocycles. The van der Waals surface area contributed by atoms with Gasteiger partial charge in [0.25, 0.3) is 0 Å². The highest BCUT2D eigenvalue weighted by molar-refractivity contribution is 6.01. The Morgan fingerprint density at radius 3 is 2.95 bits per heavy atom. The molecular formula is C15H13N3O2. The number of nitrogens with one attached hydrogen (secondary N) is 2. The number of H-pyrrole nitrogens is 1. The first kappa shape index (κ1) is 12.2. The van der Waals surface area contributed by atoms with Crippen molar-refractivity contribution < 1.29 is 9.21 Å². The third-order valence-electron chi connectivity index (χ3n) is 3.05. The van der Waals surface area contributed by atoms with Crippen LogP contribution in [-0.2, 0) is 0 Å². The molecule has 20 heavy (non-hydrogen) atoms. The number of nitrogens with zero attached hydrogens (tertiary/aromatic N) is 1. The summed E-state index contributed by atoms with van der Waals surface area (Å²) in [6.45, 7) is 1.97. The van der Waals surface area contributed by atoms with Crippen LogP contribution in [-0.4, -0.2) is 17.1 Å². The second kappa shape index (κ2) is 5.05. The van der Waals surface area contributed by atoms with Gasteiger partial charge in [0.2, 0.25) is 0 Å². The van der Waals surface area contributed by atoms with Gasteiger partial charge in [-0.15, -0.1) is 0 Å². The summed E-state index contributed by atoms with van der Waals surface area (Å²) in [5.74, 6) is -0.137. The minimum Gasteiger partial charge on any atom is -0.459 e. The van der Waals surface area contributed by atoms with Crippen LogP contribution in [0.15, 0.2) is 52.2 Å². The number of furan rings is 1. The molecule has 0 saturated carbocycles. The molecule has 0 bridgehead atoms. The van der Waals surface area contributed by atoms with E-state index in [0.717, 1.165) is 22.2 Å². The van der Waals surface area contributed by atoms with Crippen LogP contribution in [0.25, 0.3) is 10.9 Å². The van der Waals surface area contributed by atoms with E-state index >= 15 is 0 Å². The van der Waals surface area contributed by atoms with Crippen molar-refractivity contribution in [1.29, 1.82) is 0 Å². The van der Waals surface area contributed by atoms with Crippen molar-refractivity contribution in [1.82, 2.24) is 10.4 Å². The quantitative estimate of drug-likeness (QED) is 0.566. The van der Waals surface area contributed by atoms with Crippen molar-refractivity contribution in [3.8, 4) is 0 Å². The number of carbonyl (C=O) groups is 1. The molecule has 100 valence electrons. The van der Waals surface area contributed by atoms with Gasteiger partial charge in [0.05, 0.1) is 12.5 Å². The number of aromatic nitrogens is 1. The van der Waals surface area contributed by atoms with Crippen LogP contribution in [0.1, 0.15) is 21.8 Å². The van der Waals surface area contributed by atoms with E-state index in [1.807, 2.05) is 31.2 Å². The predicted octanol–water partition coefficient (Wildman–Crippen LogP) is 2.83. The van der Waals surface area contributed by atoms with E-state index in [9.17, 15) is 4.79 Å². The number of aryl methyl sites for hydroxylation is 1. The lowest BCUT2D eigenvalue weighted by Crippen LogP contribution is -2.16. The Hall–Kier alpha value is -2.82. The largest absolute Gasteiger partial charge is 0.459 e. The normalized spacial score (nSPS) is 11.2. The molecular weight excluding hydrogens is 254 g/mol. The Morgan fingerprint density at radius 2 is 2.15 bits per heavy atom. The molecule has 0 aliphatic rings. The van der Waals surface area contributed by atoms with E-state index in [0.29, 0.717) is 0 Å². The average Bonchev–Trinajstić information content (AvgIpc) is 3.07. The van der Waals surface area contributed by atoms with Gasteiger partial charge in [-0.1, -0.05) is 18.2 Å². The number of fused-ring (bicyclic) bond motifs is 1. The van der Waals surface area contributed by atoms with Crippen molar-refractivity contribution in [3.63, 3.8) is 0 Å². The van der Waals surface area contributed by atoms with E-state index in [1.165, 1.54) is 6.26 Å². The Kier molecular flexibility index (Phi) is 3.09. The Labute approximate surface area is 115 Å². The lowest BCUT2D eigenvalue weighted by atomic mass is 10.1. The standard InChI is InChI=1S/C15H13N3O2/c1-10-12(11-5-2-3-6-13(11)17-10)9-16-18-15(19)14-7-4-8-20-14/h2-9,17H,1H3,(H,18,19)/b16-9-. The van der Waals surface area contributed by atoms with Crippen LogP contribution in [0.5, 0.6) is 0 Å². The summed E-state index contributed by atoms with van der Waals surface area (Å²) in [4.78, 5) is 14.9. The summed E-state index contributed by atoms with van der Waals surface area (Å²) in [6.07, 6.45) is 3.08. The average molecular weight is 267 g/mol. The van der Waals surface area contributed by atoms with Gasteiger partial charge in [-0.3, -0.25) is 4.79 Å². The van der Waals surface area contributed by atoms with Gasteiger partial charge in [-0.25, -0.2) is 5.43 Å². The Balaban J connectivity index is 1.81. The number of benzene rings is 1. The van der Waals surface area contributed by atoms with Crippen molar-refractivity contribution >= 4 is 23.0 Å². The van der Waals surface area contributed by atoms with E-state index in [1.54, 1.807) is 18.3 Å². The highest BCUT2D eigenvalue weighted by atomic mass is 16.3. The van der Waals surface area contributed by atoms with Gasteiger partial charge in [0, 0.05) is 22.2 Å². The molecule has 0 aliphatic carbocycles. The van der Waals surface area contributed by atoms with Gasteiger partial charge >= 0.3 is 5.91 Å². The third-order valence-corrected chi connectivity index (χ3v) is 3.05. The summed E-state index contributed by atoms with van der Waals surface area (Å²) in [6, 6.07) is 11.2. The maximum Gasteiger partial charge on any atom is 0.307 e. The number of para-hydroxylation sites is 1. The zero-order valence-electron chi connectivity index (χ0n) is 10.9. The molecule has 1 aromatic carbocycles. The maximum absolute atomic E-state index is 11.7. The summed E-state index contributed by atoms with van der Waals surface area (Å²) < 4.78 is 4.98. The first-order valence-electron chi connectivity index (χ1n) is 6.20. The molecule has 5 heteroatoms. The highest BCUT2D eigenvalue weighted by Crippen LogP contribution is 2.19. The van der Waals surface area contributed by atoms with Gasteiger partial charge in [0.15, 0.2) is 5.76 Å². The van der Waals surface area contributed by atoms with Crippen molar-refractivity contribution in [2.75, 3.05) is 0 Å². The van der Waals surface area contributed by atoms with Crippen LogP contribution in [0.4, 0.5) is 0 Å². The monoisotopic (exact) mass is 267 g/mol. The number of carbonyl (C=O) groups excluding carboxylic acids is 1. The molecule has 0 aliphatic heterocycles. The lowest BCUT2D eigenvalue weighted by molar-refractivity contribution is 0.0927. The van der Waals surface area contributed by atoms with Crippen LogP contribution < -0.4 is 5.43 Å². The molecule has 5 nitrogen and oxygen atoms in total. The van der Waals surface area contributed by atoms with Gasteiger partial charge < -0.3 is 9.40 Å². The smallest absolute Gasteiger partial charge is 0.307 e. The molecule has 0 unspecified atom stereocenters. The topological polar surface area (TPSA) is 70.4 Å². The first-order valence-corrected chi connectivity index (χ1v) is 6.20. The van der Waals surface area contributed by atoms with Crippen molar-refractivity contribution in [3.05, 3.63) is 59.7 Å². The van der Waals surface area contributed by atoms with E-state index in [4.69, 9.17) is 4.42 Å². The fourth-order valence-electron chi connectivity index (χ4n) is 2.08. The number of amides is 1. The molecule has 0 saturated heterocycles. The number of aromatic amines is 1. The first-order chi connectivity index (χ1) is 9.75. The fraction of sp³-hybridized carbons (Fsp3) is 0.0667. The molecule has 3 aromatic rings. The number of hydrazone groups is 1. The maximum atomic E-state index is 11.7. The molecule has 3 rings (SSSR count). The Bertz CT molecular complexity index is 770. The van der Waals surface area contributed by atoms with E-state index < -0.39 is 0 Å². The van der Waals surface area contributed by atoms with E-state index in [-0.39, 0.29) is 11.7 Å². The SMILES string of the molecule is Cc1[nH]c2ccccc2c1/C=N\NC(=O)c1ccco1. The summed E-state index contributed by atoms with van der Waals surface area (Å²) >= 11 is 0. The Morgan fingerprint density at radius 1 is 1.30 bits per heavy atom. The molecule has 2 aromatic heterocycles. The summed E-state index contributed by atoms with van der Waals surface area (Å²) in [7, 11) is 0. The van der Waals surface area contributed by atoms with Gasteiger partial charge in [-0.2, -0.15) is 5.10 Å². The molecule has 0 fully saturated rings. The number of hydrogen-bond acceptors (Lipinski definition) is 3. The fourth-order valence-corrected chi connectivity index (χ4v) is 2.08. The molecule has 0 atom stereocenters. The number of hydrogen-bond donors (Lipinski definition) is 2. The second-order valence-electron chi connectivity index (χ2n) is 4.39. The third kappa shape index (κ3) is 2.21. The zero-order valence-corrected chi connectivity index (χ0v) is 10.9. The van der Waals surface area contributed by atoms with Gasteiger partial charge in [-0.05, 0) is 25.1 Å². The minimum atomic E-state index is -0.372. The molecule has 0 spiro atoms. The van der Waals surface area contributed by atoms with E-state index in [2.05, 4.69) is 15.5 Å². The van der Waals surface area contributed by atoms with Crippen molar-refractivity contribution in [2.24, 2.45) is 5.10 Å². The van der Waals surface area contributed by atoms with Gasteiger partial charge in [0.1, 0.15) is 0 Å². The number of rotatable bonds is 3.